The van der Waals surface area contributed by atoms with Gasteiger partial charge < -0.3 is 15.2 Å². The molecule has 0 aromatic heterocycles. The highest BCUT2D eigenvalue weighted by atomic mass is 35.5. The van der Waals surface area contributed by atoms with Gasteiger partial charge in [-0.25, -0.2) is 9.79 Å². The van der Waals surface area contributed by atoms with Gasteiger partial charge in [-0.2, -0.15) is 0 Å². The van der Waals surface area contributed by atoms with E-state index in [0.29, 0.717) is 31.0 Å². The zero-order chi connectivity index (χ0) is 17.0. The predicted octanol–water partition coefficient (Wildman–Crippen LogP) is 3.28. The molecule has 0 unspecified atom stereocenters. The number of carbonyl (C=O) groups is 2. The first-order chi connectivity index (χ1) is 10.9. The van der Waals surface area contributed by atoms with Crippen LogP contribution >= 0.6 is 23.2 Å². The highest BCUT2D eigenvalue weighted by Gasteiger charge is 2.18. The smallest absolute Gasteiger partial charge is 0.333 e. The Morgan fingerprint density at radius 1 is 1.30 bits per heavy atom. The van der Waals surface area contributed by atoms with Gasteiger partial charge in [0.1, 0.15) is 5.84 Å². The lowest BCUT2D eigenvalue weighted by atomic mass is 10.1. The standard InChI is InChI=1S/C15H14Cl2N2O4/c1-2-23-13-10(16)5-9(6-11(13)17)14(20)19-12-4-3-8(7-18-12)15(21)22/h5-7H,2-4H2,1H3,(H,21,22)(H,18,19,20). The largest absolute Gasteiger partial charge is 0.491 e. The predicted molar refractivity (Wildman–Crippen MR) is 87.5 cm³/mol. The number of halogens is 2. The van der Waals surface area contributed by atoms with E-state index in [4.69, 9.17) is 33.0 Å². The number of amidine groups is 1. The zero-order valence-electron chi connectivity index (χ0n) is 12.2. The Bertz CT molecular complexity index is 690. The highest BCUT2D eigenvalue weighted by molar-refractivity contribution is 6.37. The van der Waals surface area contributed by atoms with Gasteiger partial charge in [-0.05, 0) is 25.5 Å². The summed E-state index contributed by atoms with van der Waals surface area (Å²) in [7, 11) is 0. The molecule has 23 heavy (non-hydrogen) atoms. The molecule has 0 saturated carbocycles. The third-order valence-corrected chi connectivity index (χ3v) is 3.65. The molecule has 0 fully saturated rings. The SMILES string of the molecule is CCOc1c(Cl)cc(C(=O)NC2=NC=C(C(=O)O)CC2)cc1Cl. The Morgan fingerprint density at radius 3 is 2.43 bits per heavy atom. The minimum absolute atomic E-state index is 0.204. The molecule has 1 aromatic rings. The lowest BCUT2D eigenvalue weighted by Gasteiger charge is -2.13. The Hall–Kier alpha value is -2.05. The topological polar surface area (TPSA) is 88.0 Å². The number of ether oxygens (including phenoxy) is 1. The van der Waals surface area contributed by atoms with Crippen LogP contribution in [-0.2, 0) is 4.79 Å². The maximum Gasteiger partial charge on any atom is 0.333 e. The molecule has 1 amide bonds. The highest BCUT2D eigenvalue weighted by Crippen LogP contribution is 2.34. The summed E-state index contributed by atoms with van der Waals surface area (Å²) >= 11 is 12.1. The van der Waals surface area contributed by atoms with Crippen LogP contribution < -0.4 is 10.1 Å². The summed E-state index contributed by atoms with van der Waals surface area (Å²) in [5, 5.41) is 11.9. The fourth-order valence-corrected chi connectivity index (χ4v) is 2.57. The lowest BCUT2D eigenvalue weighted by Crippen LogP contribution is -2.31. The van der Waals surface area contributed by atoms with Crippen LogP contribution in [0.5, 0.6) is 5.75 Å². The van der Waals surface area contributed by atoms with Crippen molar-refractivity contribution in [2.24, 2.45) is 4.99 Å². The summed E-state index contributed by atoms with van der Waals surface area (Å²) < 4.78 is 5.30. The van der Waals surface area contributed by atoms with E-state index in [2.05, 4.69) is 10.3 Å². The van der Waals surface area contributed by atoms with Crippen molar-refractivity contribution in [1.82, 2.24) is 5.32 Å². The number of hydrogen-bond acceptors (Lipinski definition) is 4. The molecule has 1 aliphatic rings. The number of rotatable bonds is 4. The number of hydrogen-bond donors (Lipinski definition) is 2. The molecule has 0 saturated heterocycles. The van der Waals surface area contributed by atoms with Crippen molar-refractivity contribution >= 4 is 40.9 Å². The van der Waals surface area contributed by atoms with Gasteiger partial charge in [0.15, 0.2) is 5.75 Å². The average molecular weight is 357 g/mol. The van der Waals surface area contributed by atoms with Crippen LogP contribution in [0, 0.1) is 0 Å². The van der Waals surface area contributed by atoms with Crippen LogP contribution in [0.4, 0.5) is 0 Å². The lowest BCUT2D eigenvalue weighted by molar-refractivity contribution is -0.132. The van der Waals surface area contributed by atoms with Crippen molar-refractivity contribution in [3.05, 3.63) is 39.5 Å². The molecular formula is C15H14Cl2N2O4. The van der Waals surface area contributed by atoms with Gasteiger partial charge in [0.05, 0.1) is 22.2 Å². The minimum atomic E-state index is -1.01. The van der Waals surface area contributed by atoms with Gasteiger partial charge in [-0.1, -0.05) is 23.2 Å². The Morgan fingerprint density at radius 2 is 1.96 bits per heavy atom. The number of benzene rings is 1. The zero-order valence-corrected chi connectivity index (χ0v) is 13.7. The molecule has 1 aliphatic heterocycles. The van der Waals surface area contributed by atoms with Crippen LogP contribution in [-0.4, -0.2) is 29.4 Å². The number of aliphatic carboxylic acids is 1. The van der Waals surface area contributed by atoms with E-state index in [1.165, 1.54) is 18.3 Å². The molecule has 0 aliphatic carbocycles. The first-order valence-electron chi connectivity index (χ1n) is 6.84. The number of nitrogens with zero attached hydrogens (tertiary/aromatic N) is 1. The quantitative estimate of drug-likeness (QED) is 0.866. The van der Waals surface area contributed by atoms with Gasteiger partial charge in [0, 0.05) is 18.2 Å². The summed E-state index contributed by atoms with van der Waals surface area (Å²) in [6.07, 6.45) is 1.88. The van der Waals surface area contributed by atoms with E-state index >= 15 is 0 Å². The van der Waals surface area contributed by atoms with Crippen molar-refractivity contribution in [3.63, 3.8) is 0 Å². The number of nitrogens with one attached hydrogen (secondary N) is 1. The number of amides is 1. The third kappa shape index (κ3) is 4.24. The molecule has 1 heterocycles. The third-order valence-electron chi connectivity index (χ3n) is 3.09. The molecule has 6 nitrogen and oxygen atoms in total. The molecule has 2 rings (SSSR count). The molecule has 122 valence electrons. The molecular weight excluding hydrogens is 343 g/mol. The van der Waals surface area contributed by atoms with Crippen molar-refractivity contribution in [2.75, 3.05) is 6.61 Å². The van der Waals surface area contributed by atoms with Gasteiger partial charge in [-0.15, -0.1) is 0 Å². The van der Waals surface area contributed by atoms with Crippen LogP contribution in [0.2, 0.25) is 10.0 Å². The maximum absolute atomic E-state index is 12.2. The Kier molecular flexibility index (Phi) is 5.63. The van der Waals surface area contributed by atoms with E-state index in [9.17, 15) is 9.59 Å². The van der Waals surface area contributed by atoms with Crippen LogP contribution in [0.3, 0.4) is 0 Å². The van der Waals surface area contributed by atoms with Crippen molar-refractivity contribution in [1.29, 1.82) is 0 Å². The summed E-state index contributed by atoms with van der Waals surface area (Å²) in [6.45, 7) is 2.20. The number of carbonyl (C=O) groups excluding carboxylic acids is 1. The molecule has 0 atom stereocenters. The fraction of sp³-hybridized carbons (Fsp3) is 0.267. The maximum atomic E-state index is 12.2. The molecule has 0 bridgehead atoms. The van der Waals surface area contributed by atoms with E-state index in [-0.39, 0.29) is 21.2 Å². The molecule has 0 spiro atoms. The molecule has 1 aromatic carbocycles. The van der Waals surface area contributed by atoms with Crippen molar-refractivity contribution in [2.45, 2.75) is 19.8 Å². The number of aliphatic imine (C=N–C) groups is 1. The molecule has 8 heteroatoms. The number of carboxylic acid groups (broad SMARTS) is 1. The van der Waals surface area contributed by atoms with Crippen LogP contribution in [0.1, 0.15) is 30.1 Å². The first kappa shape index (κ1) is 17.3. The van der Waals surface area contributed by atoms with Crippen LogP contribution in [0.25, 0.3) is 0 Å². The van der Waals surface area contributed by atoms with Crippen molar-refractivity contribution in [3.8, 4) is 5.75 Å². The Labute approximate surface area is 142 Å². The second-order valence-electron chi connectivity index (χ2n) is 4.69. The van der Waals surface area contributed by atoms with Crippen molar-refractivity contribution < 1.29 is 19.4 Å². The second kappa shape index (κ2) is 7.48. The first-order valence-corrected chi connectivity index (χ1v) is 7.60. The summed E-state index contributed by atoms with van der Waals surface area (Å²) in [5.74, 6) is -0.718. The van der Waals surface area contributed by atoms with E-state index in [0.717, 1.165) is 0 Å². The van der Waals surface area contributed by atoms with E-state index < -0.39 is 11.9 Å². The molecule has 2 N–H and O–H groups in total. The van der Waals surface area contributed by atoms with Crippen LogP contribution in [0.15, 0.2) is 28.9 Å². The number of carboxylic acids is 1. The summed E-state index contributed by atoms with van der Waals surface area (Å²) in [5.41, 5.74) is 0.467. The van der Waals surface area contributed by atoms with Gasteiger partial charge >= 0.3 is 5.97 Å². The second-order valence-corrected chi connectivity index (χ2v) is 5.51. The van der Waals surface area contributed by atoms with Gasteiger partial charge in [0.2, 0.25) is 0 Å². The normalized spacial score (nSPS) is 13.9. The van der Waals surface area contributed by atoms with Gasteiger partial charge in [0.25, 0.3) is 5.91 Å². The fourth-order valence-electron chi connectivity index (χ4n) is 1.97. The van der Waals surface area contributed by atoms with E-state index in [1.54, 1.807) is 6.92 Å². The average Bonchev–Trinajstić information content (AvgIpc) is 2.51. The minimum Gasteiger partial charge on any atom is -0.491 e. The summed E-state index contributed by atoms with van der Waals surface area (Å²) in [4.78, 5) is 27.0. The monoisotopic (exact) mass is 356 g/mol. The summed E-state index contributed by atoms with van der Waals surface area (Å²) in [6, 6.07) is 2.91. The Balaban J connectivity index is 2.14. The van der Waals surface area contributed by atoms with Gasteiger partial charge in [-0.3, -0.25) is 4.79 Å². The van der Waals surface area contributed by atoms with E-state index in [1.807, 2.05) is 0 Å². The molecule has 0 radical (unpaired) electrons.